The lowest BCUT2D eigenvalue weighted by Crippen LogP contribution is -2.56. The van der Waals surface area contributed by atoms with Gasteiger partial charge in [-0.2, -0.15) is 0 Å². The van der Waals surface area contributed by atoms with Crippen LogP contribution in [0.5, 0.6) is 0 Å². The van der Waals surface area contributed by atoms with Crippen molar-refractivity contribution in [3.63, 3.8) is 0 Å². The minimum absolute atomic E-state index is 0.431. The Morgan fingerprint density at radius 1 is 1.39 bits per heavy atom. The number of ether oxygens (including phenoxy) is 1. The molecular weight excluding hydrogens is 242 g/mol. The summed E-state index contributed by atoms with van der Waals surface area (Å²) >= 11 is 0. The SMILES string of the molecule is CC(C)(C)OC(=O)N1CCCCC1C(N)C(F)F. The Bertz CT molecular complexity index is 292. The van der Waals surface area contributed by atoms with Crippen molar-refractivity contribution in [2.75, 3.05) is 6.54 Å². The number of nitrogens with two attached hydrogens (primary N) is 1. The van der Waals surface area contributed by atoms with Gasteiger partial charge in [-0.25, -0.2) is 13.6 Å². The van der Waals surface area contributed by atoms with E-state index < -0.39 is 30.2 Å². The van der Waals surface area contributed by atoms with Gasteiger partial charge in [-0.15, -0.1) is 0 Å². The summed E-state index contributed by atoms with van der Waals surface area (Å²) in [6.07, 6.45) is -1.07. The fourth-order valence-electron chi connectivity index (χ4n) is 2.07. The minimum atomic E-state index is -2.63. The molecule has 1 saturated heterocycles. The van der Waals surface area contributed by atoms with Crippen molar-refractivity contribution in [3.05, 3.63) is 0 Å². The van der Waals surface area contributed by atoms with Gasteiger partial charge in [-0.05, 0) is 40.0 Å². The fourth-order valence-corrected chi connectivity index (χ4v) is 2.07. The molecule has 1 heterocycles. The molecule has 0 aromatic carbocycles. The third-order valence-corrected chi connectivity index (χ3v) is 2.91. The van der Waals surface area contributed by atoms with Crippen molar-refractivity contribution in [3.8, 4) is 0 Å². The normalized spacial score (nSPS) is 23.1. The second-order valence-electron chi connectivity index (χ2n) is 5.65. The zero-order chi connectivity index (χ0) is 13.9. The Labute approximate surface area is 106 Å². The van der Waals surface area contributed by atoms with Crippen LogP contribution in [-0.4, -0.2) is 41.6 Å². The van der Waals surface area contributed by atoms with Crippen molar-refractivity contribution < 1.29 is 18.3 Å². The van der Waals surface area contributed by atoms with Gasteiger partial charge in [0.25, 0.3) is 6.43 Å². The van der Waals surface area contributed by atoms with E-state index in [9.17, 15) is 13.6 Å². The summed E-state index contributed by atoms with van der Waals surface area (Å²) in [6, 6.07) is -1.94. The molecule has 1 aliphatic rings. The van der Waals surface area contributed by atoms with E-state index in [2.05, 4.69) is 0 Å². The van der Waals surface area contributed by atoms with Crippen LogP contribution in [0.4, 0.5) is 13.6 Å². The number of alkyl halides is 2. The van der Waals surface area contributed by atoms with Gasteiger partial charge in [0.1, 0.15) is 5.60 Å². The van der Waals surface area contributed by atoms with Crippen LogP contribution in [-0.2, 0) is 4.74 Å². The van der Waals surface area contributed by atoms with Crippen LogP contribution in [0.1, 0.15) is 40.0 Å². The highest BCUT2D eigenvalue weighted by atomic mass is 19.3. The molecule has 0 spiro atoms. The molecule has 2 N–H and O–H groups in total. The van der Waals surface area contributed by atoms with E-state index in [0.717, 1.165) is 12.8 Å². The van der Waals surface area contributed by atoms with E-state index in [4.69, 9.17) is 10.5 Å². The number of halogens is 2. The highest BCUT2D eigenvalue weighted by molar-refractivity contribution is 5.68. The average Bonchev–Trinajstić information content (AvgIpc) is 2.25. The third-order valence-electron chi connectivity index (χ3n) is 2.91. The second kappa shape index (κ2) is 5.82. The smallest absolute Gasteiger partial charge is 0.410 e. The summed E-state index contributed by atoms with van der Waals surface area (Å²) in [7, 11) is 0. The Morgan fingerprint density at radius 2 is 2.00 bits per heavy atom. The van der Waals surface area contributed by atoms with Gasteiger partial charge in [0.15, 0.2) is 0 Å². The van der Waals surface area contributed by atoms with Crippen LogP contribution in [0, 0.1) is 0 Å². The zero-order valence-corrected chi connectivity index (χ0v) is 11.2. The molecule has 18 heavy (non-hydrogen) atoms. The number of hydrogen-bond acceptors (Lipinski definition) is 3. The molecule has 0 radical (unpaired) electrons. The number of nitrogens with zero attached hydrogens (tertiary/aromatic N) is 1. The molecule has 0 aromatic rings. The number of likely N-dealkylation sites (tertiary alicyclic amines) is 1. The maximum absolute atomic E-state index is 12.7. The van der Waals surface area contributed by atoms with Crippen LogP contribution in [0.3, 0.4) is 0 Å². The van der Waals surface area contributed by atoms with Crippen molar-refractivity contribution in [1.29, 1.82) is 0 Å². The first kappa shape index (κ1) is 15.1. The minimum Gasteiger partial charge on any atom is -0.444 e. The first-order chi connectivity index (χ1) is 8.22. The lowest BCUT2D eigenvalue weighted by atomic mass is 9.96. The molecule has 0 saturated carbocycles. The molecule has 1 rings (SSSR count). The van der Waals surface area contributed by atoms with Crippen LogP contribution in [0.2, 0.25) is 0 Å². The molecule has 0 aliphatic carbocycles. The second-order valence-corrected chi connectivity index (χ2v) is 5.65. The number of carbonyl (C=O) groups is 1. The lowest BCUT2D eigenvalue weighted by Gasteiger charge is -2.39. The summed E-state index contributed by atoms with van der Waals surface area (Å²) < 4.78 is 30.6. The fraction of sp³-hybridized carbons (Fsp3) is 0.917. The summed E-state index contributed by atoms with van der Waals surface area (Å²) in [5.74, 6) is 0. The number of amides is 1. The Balaban J connectivity index is 2.73. The van der Waals surface area contributed by atoms with Gasteiger partial charge in [-0.3, -0.25) is 0 Å². The standard InChI is InChI=1S/C12H22F2N2O2/c1-12(2,3)18-11(17)16-7-5-4-6-8(16)9(15)10(13)14/h8-10H,4-7,15H2,1-3H3. The number of hydrogen-bond donors (Lipinski definition) is 1. The summed E-state index contributed by atoms with van der Waals surface area (Å²) in [4.78, 5) is 13.3. The van der Waals surface area contributed by atoms with Crippen molar-refractivity contribution >= 4 is 6.09 Å². The van der Waals surface area contributed by atoms with E-state index in [0.29, 0.717) is 13.0 Å². The zero-order valence-electron chi connectivity index (χ0n) is 11.2. The van der Waals surface area contributed by atoms with Crippen molar-refractivity contribution in [1.82, 2.24) is 4.90 Å². The lowest BCUT2D eigenvalue weighted by molar-refractivity contribution is -0.00683. The van der Waals surface area contributed by atoms with Crippen LogP contribution < -0.4 is 5.73 Å². The van der Waals surface area contributed by atoms with E-state index in [1.54, 1.807) is 20.8 Å². The van der Waals surface area contributed by atoms with E-state index in [1.165, 1.54) is 4.90 Å². The molecule has 2 atom stereocenters. The molecule has 0 bridgehead atoms. The molecule has 1 fully saturated rings. The molecule has 106 valence electrons. The number of carbonyl (C=O) groups excluding carboxylic acids is 1. The molecule has 6 heteroatoms. The Morgan fingerprint density at radius 3 is 2.50 bits per heavy atom. The van der Waals surface area contributed by atoms with Crippen LogP contribution in [0.15, 0.2) is 0 Å². The molecular formula is C12H22F2N2O2. The number of rotatable bonds is 2. The van der Waals surface area contributed by atoms with Gasteiger partial charge < -0.3 is 15.4 Å². The monoisotopic (exact) mass is 264 g/mol. The van der Waals surface area contributed by atoms with Gasteiger partial charge in [-0.1, -0.05) is 0 Å². The third kappa shape index (κ3) is 4.08. The van der Waals surface area contributed by atoms with E-state index in [-0.39, 0.29) is 0 Å². The first-order valence-electron chi connectivity index (χ1n) is 6.26. The van der Waals surface area contributed by atoms with Crippen LogP contribution in [0.25, 0.3) is 0 Å². The Hall–Kier alpha value is -0.910. The van der Waals surface area contributed by atoms with Gasteiger partial charge in [0, 0.05) is 6.54 Å². The summed E-state index contributed by atoms with van der Waals surface area (Å²) in [5.41, 5.74) is 4.85. The molecule has 1 amide bonds. The maximum Gasteiger partial charge on any atom is 0.410 e. The average molecular weight is 264 g/mol. The predicted octanol–water partition coefficient (Wildman–Crippen LogP) is 2.37. The van der Waals surface area contributed by atoms with E-state index in [1.807, 2.05) is 0 Å². The molecule has 2 unspecified atom stereocenters. The number of piperidine rings is 1. The highest BCUT2D eigenvalue weighted by Gasteiger charge is 2.37. The maximum atomic E-state index is 12.7. The van der Waals surface area contributed by atoms with Gasteiger partial charge >= 0.3 is 6.09 Å². The van der Waals surface area contributed by atoms with E-state index >= 15 is 0 Å². The predicted molar refractivity (Wildman–Crippen MR) is 64.6 cm³/mol. The quantitative estimate of drug-likeness (QED) is 0.833. The molecule has 0 aromatic heterocycles. The molecule has 4 nitrogen and oxygen atoms in total. The van der Waals surface area contributed by atoms with Crippen LogP contribution >= 0.6 is 0 Å². The largest absolute Gasteiger partial charge is 0.444 e. The first-order valence-corrected chi connectivity index (χ1v) is 6.26. The van der Waals surface area contributed by atoms with Crippen molar-refractivity contribution in [2.45, 2.75) is 64.1 Å². The Kier molecular flexibility index (Phi) is 4.90. The van der Waals surface area contributed by atoms with Crippen molar-refractivity contribution in [2.24, 2.45) is 5.73 Å². The topological polar surface area (TPSA) is 55.6 Å². The highest BCUT2D eigenvalue weighted by Crippen LogP contribution is 2.24. The summed E-state index contributed by atoms with van der Waals surface area (Å²) in [6.45, 7) is 5.67. The molecule has 1 aliphatic heterocycles. The van der Waals surface area contributed by atoms with Gasteiger partial charge in [0.05, 0.1) is 12.1 Å². The van der Waals surface area contributed by atoms with Gasteiger partial charge in [0.2, 0.25) is 0 Å². The summed E-state index contributed by atoms with van der Waals surface area (Å²) in [5, 5.41) is 0.